The van der Waals surface area contributed by atoms with Crippen LogP contribution in [-0.2, 0) is 6.42 Å². The second-order valence-electron chi connectivity index (χ2n) is 6.60. The van der Waals surface area contributed by atoms with Crippen molar-refractivity contribution in [2.45, 2.75) is 12.5 Å². The number of nitrogens with one attached hydrogen (secondary N) is 1. The Morgan fingerprint density at radius 3 is 2.81 bits per heavy atom. The zero-order valence-electron chi connectivity index (χ0n) is 14.8. The van der Waals surface area contributed by atoms with Crippen molar-refractivity contribution in [1.82, 2.24) is 10.3 Å². The Kier molecular flexibility index (Phi) is 4.96. The van der Waals surface area contributed by atoms with E-state index in [9.17, 15) is 0 Å². The number of pyridine rings is 1. The van der Waals surface area contributed by atoms with Crippen molar-refractivity contribution in [2.75, 3.05) is 31.6 Å². The van der Waals surface area contributed by atoms with Gasteiger partial charge in [-0.25, -0.2) is 4.98 Å². The number of rotatable bonds is 4. The summed E-state index contributed by atoms with van der Waals surface area (Å²) in [6.45, 7) is 2.89. The summed E-state index contributed by atoms with van der Waals surface area (Å²) in [6, 6.07) is 19.1. The monoisotopic (exact) mass is 367 g/mol. The van der Waals surface area contributed by atoms with Crippen LogP contribution in [0.15, 0.2) is 54.6 Å². The lowest BCUT2D eigenvalue weighted by Gasteiger charge is -2.36. The second-order valence-corrected chi connectivity index (χ2v) is 6.99. The third kappa shape index (κ3) is 3.48. The standard InChI is InChI=1S/C21H22ClN3O/c1-26-19-9-8-18(17-7-10-20(22)24-21(17)19)25-12-11-23-16(14-25)13-15-5-3-2-4-6-15/h2-10,16,23H,11-14H2,1H3/t16-/m0/s1. The molecule has 0 amide bonds. The molecule has 5 heteroatoms. The number of hydrogen-bond donors (Lipinski definition) is 1. The highest BCUT2D eigenvalue weighted by Crippen LogP contribution is 2.34. The van der Waals surface area contributed by atoms with Gasteiger partial charge in [0.05, 0.1) is 7.11 Å². The second kappa shape index (κ2) is 7.52. The Balaban J connectivity index is 1.62. The summed E-state index contributed by atoms with van der Waals surface area (Å²) >= 11 is 6.11. The molecule has 1 aliphatic heterocycles. The minimum atomic E-state index is 0.420. The first-order chi connectivity index (χ1) is 12.7. The molecule has 3 aromatic rings. The predicted molar refractivity (Wildman–Crippen MR) is 107 cm³/mol. The molecule has 134 valence electrons. The van der Waals surface area contributed by atoms with E-state index in [0.29, 0.717) is 11.2 Å². The molecule has 0 radical (unpaired) electrons. The van der Waals surface area contributed by atoms with Crippen molar-refractivity contribution in [2.24, 2.45) is 0 Å². The van der Waals surface area contributed by atoms with Crippen LogP contribution in [0.2, 0.25) is 5.15 Å². The minimum absolute atomic E-state index is 0.420. The van der Waals surface area contributed by atoms with E-state index in [4.69, 9.17) is 16.3 Å². The number of halogens is 1. The highest BCUT2D eigenvalue weighted by atomic mass is 35.5. The fraction of sp³-hybridized carbons (Fsp3) is 0.286. The molecule has 1 N–H and O–H groups in total. The van der Waals surface area contributed by atoms with Crippen molar-refractivity contribution in [1.29, 1.82) is 0 Å². The van der Waals surface area contributed by atoms with Gasteiger partial charge in [-0.05, 0) is 36.2 Å². The molecule has 4 rings (SSSR count). The normalized spacial score (nSPS) is 17.5. The highest BCUT2D eigenvalue weighted by Gasteiger charge is 2.22. The maximum Gasteiger partial charge on any atom is 0.145 e. The van der Waals surface area contributed by atoms with Gasteiger partial charge in [0.1, 0.15) is 16.4 Å². The maximum atomic E-state index is 6.11. The molecule has 0 saturated carbocycles. The smallest absolute Gasteiger partial charge is 0.145 e. The first kappa shape index (κ1) is 17.1. The van der Waals surface area contributed by atoms with Crippen molar-refractivity contribution in [3.05, 3.63) is 65.3 Å². The number of fused-ring (bicyclic) bond motifs is 1. The molecule has 4 nitrogen and oxygen atoms in total. The lowest BCUT2D eigenvalue weighted by atomic mass is 10.0. The van der Waals surface area contributed by atoms with Crippen molar-refractivity contribution in [3.63, 3.8) is 0 Å². The summed E-state index contributed by atoms with van der Waals surface area (Å²) < 4.78 is 5.47. The molecule has 0 unspecified atom stereocenters. The zero-order chi connectivity index (χ0) is 17.9. The van der Waals surface area contributed by atoms with Crippen LogP contribution >= 0.6 is 11.6 Å². The Labute approximate surface area is 158 Å². The van der Waals surface area contributed by atoms with Crippen LogP contribution in [0.1, 0.15) is 5.56 Å². The number of nitrogens with zero attached hydrogens (tertiary/aromatic N) is 2. The maximum absolute atomic E-state index is 6.11. The molecule has 0 aliphatic carbocycles. The summed E-state index contributed by atoms with van der Waals surface area (Å²) in [5.74, 6) is 0.752. The zero-order valence-corrected chi connectivity index (χ0v) is 15.5. The first-order valence-electron chi connectivity index (χ1n) is 8.90. The van der Waals surface area contributed by atoms with Crippen molar-refractivity contribution in [3.8, 4) is 5.75 Å². The largest absolute Gasteiger partial charge is 0.494 e. The molecule has 2 aromatic carbocycles. The lowest BCUT2D eigenvalue weighted by molar-refractivity contribution is 0.418. The average Bonchev–Trinajstić information content (AvgIpc) is 2.68. The summed E-state index contributed by atoms with van der Waals surface area (Å²) in [4.78, 5) is 6.92. The SMILES string of the molecule is COc1ccc(N2CCN[C@@H](Cc3ccccc3)C2)c2ccc(Cl)nc12. The van der Waals surface area contributed by atoms with Gasteiger partial charge in [-0.1, -0.05) is 41.9 Å². The Hall–Kier alpha value is -2.30. The number of ether oxygens (including phenoxy) is 1. The quantitative estimate of drug-likeness (QED) is 0.709. The average molecular weight is 368 g/mol. The summed E-state index contributed by atoms with van der Waals surface area (Å²) in [6.07, 6.45) is 1.02. The molecule has 1 aliphatic rings. The number of methoxy groups -OCH3 is 1. The first-order valence-corrected chi connectivity index (χ1v) is 9.28. The van der Waals surface area contributed by atoms with E-state index in [-0.39, 0.29) is 0 Å². The van der Waals surface area contributed by atoms with E-state index in [1.165, 1.54) is 11.3 Å². The van der Waals surface area contributed by atoms with Crippen LogP contribution in [-0.4, -0.2) is 37.8 Å². The summed E-state index contributed by atoms with van der Waals surface area (Å²) in [5.41, 5.74) is 3.36. The third-order valence-corrected chi connectivity index (χ3v) is 5.11. The molecule has 1 fully saturated rings. The van der Waals surface area contributed by atoms with Crippen molar-refractivity contribution >= 4 is 28.2 Å². The summed E-state index contributed by atoms with van der Waals surface area (Å²) in [5, 5.41) is 5.20. The molecule has 1 aromatic heterocycles. The van der Waals surface area contributed by atoms with Gasteiger partial charge in [-0.15, -0.1) is 0 Å². The van der Waals surface area contributed by atoms with E-state index in [2.05, 4.69) is 51.6 Å². The molecule has 0 bridgehead atoms. The van der Waals surface area contributed by atoms with Gasteiger partial charge in [-0.2, -0.15) is 0 Å². The van der Waals surface area contributed by atoms with Gasteiger partial charge in [0, 0.05) is 36.7 Å². The highest BCUT2D eigenvalue weighted by molar-refractivity contribution is 6.30. The fourth-order valence-corrected chi connectivity index (χ4v) is 3.82. The Morgan fingerprint density at radius 2 is 2.00 bits per heavy atom. The van der Waals surface area contributed by atoms with E-state index < -0.39 is 0 Å². The van der Waals surface area contributed by atoms with Gasteiger partial charge >= 0.3 is 0 Å². The Morgan fingerprint density at radius 1 is 1.15 bits per heavy atom. The third-order valence-electron chi connectivity index (χ3n) is 4.90. The number of hydrogen-bond acceptors (Lipinski definition) is 4. The lowest BCUT2D eigenvalue weighted by Crippen LogP contribution is -2.51. The van der Waals surface area contributed by atoms with Crippen LogP contribution in [0.4, 0.5) is 5.69 Å². The fourth-order valence-electron chi connectivity index (χ4n) is 3.67. The molecule has 1 atom stereocenters. The van der Waals surface area contributed by atoms with Crippen LogP contribution in [0, 0.1) is 0 Å². The van der Waals surface area contributed by atoms with Gasteiger partial charge in [0.2, 0.25) is 0 Å². The van der Waals surface area contributed by atoms with E-state index in [0.717, 1.165) is 42.7 Å². The molecule has 1 saturated heterocycles. The van der Waals surface area contributed by atoms with E-state index in [1.807, 2.05) is 18.2 Å². The molecule has 0 spiro atoms. The Bertz CT molecular complexity index is 900. The number of piperazine rings is 1. The summed E-state index contributed by atoms with van der Waals surface area (Å²) in [7, 11) is 1.66. The molecular weight excluding hydrogens is 346 g/mol. The van der Waals surface area contributed by atoms with Crippen LogP contribution in [0.5, 0.6) is 5.75 Å². The van der Waals surface area contributed by atoms with Gasteiger partial charge in [0.15, 0.2) is 0 Å². The van der Waals surface area contributed by atoms with E-state index in [1.54, 1.807) is 7.11 Å². The minimum Gasteiger partial charge on any atom is -0.494 e. The molecular formula is C21H22ClN3O. The van der Waals surface area contributed by atoms with Crippen molar-refractivity contribution < 1.29 is 4.74 Å². The number of aromatic nitrogens is 1. The number of benzene rings is 2. The van der Waals surface area contributed by atoms with Gasteiger partial charge in [-0.3, -0.25) is 0 Å². The predicted octanol–water partition coefficient (Wildman–Crippen LogP) is 3.92. The topological polar surface area (TPSA) is 37.4 Å². The van der Waals surface area contributed by atoms with Gasteiger partial charge in [0.25, 0.3) is 0 Å². The van der Waals surface area contributed by atoms with Crippen LogP contribution in [0.25, 0.3) is 10.9 Å². The molecule has 2 heterocycles. The van der Waals surface area contributed by atoms with E-state index >= 15 is 0 Å². The van der Waals surface area contributed by atoms with Crippen LogP contribution in [0.3, 0.4) is 0 Å². The number of anilines is 1. The van der Waals surface area contributed by atoms with Gasteiger partial charge < -0.3 is 15.0 Å². The molecule has 26 heavy (non-hydrogen) atoms. The van der Waals surface area contributed by atoms with Crippen LogP contribution < -0.4 is 15.0 Å².